The van der Waals surface area contributed by atoms with Gasteiger partial charge in [-0.3, -0.25) is 14.3 Å². The molecule has 0 saturated heterocycles. The van der Waals surface area contributed by atoms with Crippen LogP contribution in [0.25, 0.3) is 0 Å². The fourth-order valence-electron chi connectivity index (χ4n) is 2.71. The SMILES string of the molecule is Cc1c(Cl)c(C(=O)NC2(CC(=O)O)CCCC2)nn1C. The van der Waals surface area contributed by atoms with Gasteiger partial charge >= 0.3 is 5.97 Å². The molecular weight excluding hydrogens is 282 g/mol. The summed E-state index contributed by atoms with van der Waals surface area (Å²) in [6.45, 7) is 1.77. The van der Waals surface area contributed by atoms with Gasteiger partial charge in [-0.2, -0.15) is 5.10 Å². The highest BCUT2D eigenvalue weighted by Crippen LogP contribution is 2.33. The van der Waals surface area contributed by atoms with Crippen LogP contribution in [0.1, 0.15) is 48.3 Å². The Morgan fingerprint density at radius 2 is 2.05 bits per heavy atom. The average molecular weight is 300 g/mol. The molecule has 2 N–H and O–H groups in total. The molecule has 7 heteroatoms. The first-order valence-corrected chi connectivity index (χ1v) is 6.96. The zero-order valence-corrected chi connectivity index (χ0v) is 12.3. The number of nitrogens with zero attached hydrogens (tertiary/aromatic N) is 2. The van der Waals surface area contributed by atoms with Crippen molar-refractivity contribution < 1.29 is 14.7 Å². The van der Waals surface area contributed by atoms with Gasteiger partial charge in [-0.05, 0) is 19.8 Å². The van der Waals surface area contributed by atoms with E-state index in [9.17, 15) is 9.59 Å². The number of halogens is 1. The molecule has 0 radical (unpaired) electrons. The molecule has 1 amide bonds. The second-order valence-electron chi connectivity index (χ2n) is 5.38. The van der Waals surface area contributed by atoms with Crippen molar-refractivity contribution in [1.29, 1.82) is 0 Å². The van der Waals surface area contributed by atoms with Gasteiger partial charge in [0.25, 0.3) is 5.91 Å². The number of carbonyl (C=O) groups excluding carboxylic acids is 1. The molecule has 0 bridgehead atoms. The third-order valence-corrected chi connectivity index (χ3v) is 4.36. The first kappa shape index (κ1) is 14.8. The molecule has 6 nitrogen and oxygen atoms in total. The normalized spacial score (nSPS) is 17.1. The predicted molar refractivity (Wildman–Crippen MR) is 73.9 cm³/mol. The van der Waals surface area contributed by atoms with Crippen LogP contribution in [0, 0.1) is 6.92 Å². The van der Waals surface area contributed by atoms with Crippen LogP contribution < -0.4 is 5.32 Å². The summed E-state index contributed by atoms with van der Waals surface area (Å²) in [6.07, 6.45) is 3.12. The number of hydrogen-bond acceptors (Lipinski definition) is 3. The third-order valence-electron chi connectivity index (χ3n) is 3.91. The maximum Gasteiger partial charge on any atom is 0.305 e. The molecular formula is C13H18ClN3O3. The first-order valence-electron chi connectivity index (χ1n) is 6.58. The largest absolute Gasteiger partial charge is 0.481 e. The molecule has 0 aliphatic heterocycles. The van der Waals surface area contributed by atoms with E-state index in [0.29, 0.717) is 23.6 Å². The quantitative estimate of drug-likeness (QED) is 0.889. The fourth-order valence-corrected chi connectivity index (χ4v) is 2.96. The third kappa shape index (κ3) is 2.80. The Hall–Kier alpha value is -1.56. The Balaban J connectivity index is 2.20. The van der Waals surface area contributed by atoms with Crippen LogP contribution in [0.15, 0.2) is 0 Å². The van der Waals surface area contributed by atoms with E-state index in [0.717, 1.165) is 12.8 Å². The monoisotopic (exact) mass is 299 g/mol. The van der Waals surface area contributed by atoms with E-state index in [1.165, 1.54) is 4.68 Å². The van der Waals surface area contributed by atoms with Gasteiger partial charge in [0.15, 0.2) is 5.69 Å². The highest BCUT2D eigenvalue weighted by atomic mass is 35.5. The fraction of sp³-hybridized carbons (Fsp3) is 0.615. The number of hydrogen-bond donors (Lipinski definition) is 2. The summed E-state index contributed by atoms with van der Waals surface area (Å²) < 4.78 is 1.54. The molecule has 2 rings (SSSR count). The number of carboxylic acid groups (broad SMARTS) is 1. The molecule has 1 aromatic heterocycles. The van der Waals surface area contributed by atoms with Gasteiger partial charge in [-0.25, -0.2) is 0 Å². The predicted octanol–water partition coefficient (Wildman–Crippen LogP) is 1.90. The Morgan fingerprint density at radius 1 is 1.45 bits per heavy atom. The second kappa shape index (κ2) is 5.44. The maximum atomic E-state index is 12.3. The summed E-state index contributed by atoms with van der Waals surface area (Å²) in [5.41, 5.74) is 0.191. The van der Waals surface area contributed by atoms with Crippen LogP contribution in [0.3, 0.4) is 0 Å². The molecule has 1 saturated carbocycles. The van der Waals surface area contributed by atoms with Gasteiger partial charge in [-0.15, -0.1) is 0 Å². The van der Waals surface area contributed by atoms with Gasteiger partial charge in [0.1, 0.15) is 0 Å². The highest BCUT2D eigenvalue weighted by molar-refractivity contribution is 6.34. The Labute approximate surface area is 122 Å². The van der Waals surface area contributed by atoms with Crippen molar-refractivity contribution in [3.63, 3.8) is 0 Å². The molecule has 0 aromatic carbocycles. The Bertz CT molecular complexity index is 547. The van der Waals surface area contributed by atoms with Crippen LogP contribution >= 0.6 is 11.6 Å². The molecule has 0 spiro atoms. The number of aromatic nitrogens is 2. The minimum atomic E-state index is -0.907. The topological polar surface area (TPSA) is 84.2 Å². The van der Waals surface area contributed by atoms with Crippen molar-refractivity contribution in [3.05, 3.63) is 16.4 Å². The minimum Gasteiger partial charge on any atom is -0.481 e. The Morgan fingerprint density at radius 3 is 2.50 bits per heavy atom. The zero-order chi connectivity index (χ0) is 14.9. The van der Waals surface area contributed by atoms with Crippen LogP contribution in [0.4, 0.5) is 0 Å². The smallest absolute Gasteiger partial charge is 0.305 e. The molecule has 0 unspecified atom stereocenters. The lowest BCUT2D eigenvalue weighted by molar-refractivity contribution is -0.138. The van der Waals surface area contributed by atoms with Crippen LogP contribution in [-0.4, -0.2) is 32.3 Å². The number of carboxylic acids is 1. The van der Waals surface area contributed by atoms with E-state index in [1.807, 2.05) is 0 Å². The van der Waals surface area contributed by atoms with Crippen LogP contribution in [0.2, 0.25) is 5.02 Å². The number of aryl methyl sites for hydroxylation is 1. The van der Waals surface area contributed by atoms with Crippen molar-refractivity contribution in [2.75, 3.05) is 0 Å². The number of amides is 1. The number of carbonyl (C=O) groups is 2. The lowest BCUT2D eigenvalue weighted by Crippen LogP contribution is -2.48. The molecule has 1 heterocycles. The minimum absolute atomic E-state index is 0.0673. The maximum absolute atomic E-state index is 12.3. The molecule has 0 atom stereocenters. The summed E-state index contributed by atoms with van der Waals surface area (Å²) in [7, 11) is 1.71. The van der Waals surface area contributed by atoms with E-state index in [1.54, 1.807) is 14.0 Å². The van der Waals surface area contributed by atoms with Gasteiger partial charge in [0.05, 0.1) is 22.7 Å². The summed E-state index contributed by atoms with van der Waals surface area (Å²) in [5.74, 6) is -1.31. The van der Waals surface area contributed by atoms with Crippen molar-refractivity contribution >= 4 is 23.5 Å². The average Bonchev–Trinajstić information content (AvgIpc) is 2.89. The summed E-state index contributed by atoms with van der Waals surface area (Å²) in [4.78, 5) is 23.3. The second-order valence-corrected chi connectivity index (χ2v) is 5.76. The number of nitrogens with one attached hydrogen (secondary N) is 1. The molecule has 1 aliphatic rings. The van der Waals surface area contributed by atoms with E-state index in [2.05, 4.69) is 10.4 Å². The molecule has 1 aromatic rings. The molecule has 20 heavy (non-hydrogen) atoms. The summed E-state index contributed by atoms with van der Waals surface area (Å²) in [6, 6.07) is 0. The molecule has 1 fully saturated rings. The van der Waals surface area contributed by atoms with Gasteiger partial charge in [0.2, 0.25) is 0 Å². The van der Waals surface area contributed by atoms with Crippen molar-refractivity contribution in [1.82, 2.24) is 15.1 Å². The van der Waals surface area contributed by atoms with E-state index in [4.69, 9.17) is 16.7 Å². The lowest BCUT2D eigenvalue weighted by atomic mass is 9.93. The summed E-state index contributed by atoms with van der Waals surface area (Å²) >= 11 is 6.09. The van der Waals surface area contributed by atoms with Gasteiger partial charge < -0.3 is 10.4 Å². The summed E-state index contributed by atoms with van der Waals surface area (Å²) in [5, 5.41) is 16.3. The van der Waals surface area contributed by atoms with E-state index < -0.39 is 17.4 Å². The number of aliphatic carboxylic acids is 1. The standard InChI is InChI=1S/C13H18ClN3O3/c1-8-10(14)11(16-17(8)2)12(20)15-13(7-9(18)19)5-3-4-6-13/h3-7H2,1-2H3,(H,15,20)(H,18,19). The molecule has 110 valence electrons. The highest BCUT2D eigenvalue weighted by Gasteiger charge is 2.38. The zero-order valence-electron chi connectivity index (χ0n) is 11.6. The Kier molecular flexibility index (Phi) is 4.04. The van der Waals surface area contributed by atoms with Crippen molar-refractivity contribution in [2.45, 2.75) is 44.6 Å². The van der Waals surface area contributed by atoms with Crippen LogP contribution in [-0.2, 0) is 11.8 Å². The van der Waals surface area contributed by atoms with Crippen molar-refractivity contribution in [3.8, 4) is 0 Å². The van der Waals surface area contributed by atoms with E-state index >= 15 is 0 Å². The van der Waals surface area contributed by atoms with E-state index in [-0.39, 0.29) is 12.1 Å². The van der Waals surface area contributed by atoms with Gasteiger partial charge in [-0.1, -0.05) is 24.4 Å². The first-order chi connectivity index (χ1) is 9.34. The molecule has 1 aliphatic carbocycles. The van der Waals surface area contributed by atoms with Gasteiger partial charge in [0, 0.05) is 7.05 Å². The number of rotatable bonds is 4. The van der Waals surface area contributed by atoms with Crippen molar-refractivity contribution in [2.24, 2.45) is 7.05 Å². The lowest BCUT2D eigenvalue weighted by Gasteiger charge is -2.28. The van der Waals surface area contributed by atoms with Crippen LogP contribution in [0.5, 0.6) is 0 Å².